The van der Waals surface area contributed by atoms with Crippen LogP contribution >= 0.6 is 0 Å². The molecular formula is C61H120Na2O16. The predicted octanol–water partition coefficient (Wildman–Crippen LogP) is 7.26. The van der Waals surface area contributed by atoms with Crippen molar-refractivity contribution >= 4 is 47.8 Å². The van der Waals surface area contributed by atoms with Gasteiger partial charge >= 0.3 is 94.9 Å². The molecule has 462 valence electrons. The molecule has 18 heteroatoms. The first kappa shape index (κ1) is 98.9. The molecule has 0 saturated carbocycles. The molecule has 0 spiro atoms. The Balaban J connectivity index is -0.0000000864. The summed E-state index contributed by atoms with van der Waals surface area (Å²) in [7, 11) is 1.42. The van der Waals surface area contributed by atoms with E-state index in [0.717, 1.165) is 38.5 Å². The summed E-state index contributed by atoms with van der Waals surface area (Å²) in [4.78, 5) is 86.0. The van der Waals surface area contributed by atoms with Crippen LogP contribution < -0.4 is 69.3 Å². The Hall–Kier alpha value is -2.24. The molecule has 0 unspecified atom stereocenters. The average molecular weight is 1160 g/mol. The number of hydrogen-bond acceptors (Lipinski definition) is 14. The van der Waals surface area contributed by atoms with Crippen LogP contribution in [0.5, 0.6) is 0 Å². The fraction of sp³-hybridized carbons (Fsp3) is 0.869. The molecule has 0 aromatic rings. The van der Waals surface area contributed by atoms with Gasteiger partial charge in [-0.2, -0.15) is 0 Å². The fourth-order valence-electron chi connectivity index (χ4n) is 2.78. The fourth-order valence-corrected chi connectivity index (χ4v) is 2.78. The van der Waals surface area contributed by atoms with Crippen molar-refractivity contribution in [3.63, 3.8) is 0 Å². The van der Waals surface area contributed by atoms with Gasteiger partial charge in [-0.3, -0.25) is 28.8 Å². The molecule has 0 radical (unpaired) electrons. The average Bonchev–Trinajstić information content (AvgIpc) is 3.31. The van der Waals surface area contributed by atoms with E-state index in [4.69, 9.17) is 24.4 Å². The second-order valence-corrected chi connectivity index (χ2v) is 26.1. The van der Waals surface area contributed by atoms with Crippen molar-refractivity contribution in [3.05, 3.63) is 0 Å². The van der Waals surface area contributed by atoms with Crippen molar-refractivity contribution in [2.75, 3.05) is 13.7 Å². The zero-order chi connectivity index (χ0) is 64.2. The first-order chi connectivity index (χ1) is 34.0. The van der Waals surface area contributed by atoms with Crippen molar-refractivity contribution in [1.82, 2.24) is 0 Å². The number of esters is 4. The topological polar surface area (TPSA) is 260 Å². The number of carboxylic acids is 4. The smallest absolute Gasteiger partial charge is 0.550 e. The van der Waals surface area contributed by atoms with E-state index in [2.05, 4.69) is 11.7 Å². The number of unbranched alkanes of at least 4 members (excludes halogenated alkanes) is 1. The number of rotatable bonds is 19. The normalized spacial score (nSPS) is 11.5. The van der Waals surface area contributed by atoms with Crippen molar-refractivity contribution in [2.45, 2.75) is 290 Å². The summed E-state index contributed by atoms with van der Waals surface area (Å²) in [5.74, 6) is -3.82. The summed E-state index contributed by atoms with van der Waals surface area (Å²) < 4.78 is 20.2. The second kappa shape index (κ2) is 45.2. The summed E-state index contributed by atoms with van der Waals surface area (Å²) in [6, 6.07) is 0. The third kappa shape index (κ3) is 54.8. The molecule has 0 aromatic carbocycles. The van der Waals surface area contributed by atoms with Gasteiger partial charge in [0.2, 0.25) is 0 Å². The van der Waals surface area contributed by atoms with Gasteiger partial charge in [-0.05, 0) is 182 Å². The van der Waals surface area contributed by atoms with E-state index in [1.165, 1.54) is 7.11 Å². The molecule has 0 bridgehead atoms. The molecule has 0 atom stereocenters. The number of carboxylic acid groups (broad SMARTS) is 4. The van der Waals surface area contributed by atoms with Gasteiger partial charge in [0, 0.05) is 22.8 Å². The van der Waals surface area contributed by atoms with Crippen molar-refractivity contribution < 1.29 is 137 Å². The van der Waals surface area contributed by atoms with Gasteiger partial charge in [0.15, 0.2) is 0 Å². The molecule has 0 aliphatic carbocycles. The van der Waals surface area contributed by atoms with E-state index in [1.54, 1.807) is 55.4 Å². The van der Waals surface area contributed by atoms with Gasteiger partial charge in [0.05, 0.1) is 46.2 Å². The van der Waals surface area contributed by atoms with Crippen LogP contribution in [-0.4, -0.2) is 82.9 Å². The molecule has 0 fully saturated rings. The number of aliphatic carboxylic acids is 4. The molecule has 0 rings (SSSR count). The van der Waals surface area contributed by atoms with Crippen molar-refractivity contribution in [1.29, 1.82) is 0 Å². The van der Waals surface area contributed by atoms with Crippen LogP contribution in [-0.2, 0) is 57.3 Å². The van der Waals surface area contributed by atoms with Gasteiger partial charge in [-0.15, -0.1) is 0 Å². The standard InChI is InChI=1S/3C10H20O2.C7H14O2.4C6H12O2.2Na/c2*1-7-10(5,6)8(11)12-9(2,3)4;1-5-7-8-12-9(11)10(3,4)6-2;1-5-7(2,3)6(8)9-4;4*1-4-6(2,3)5(7)8;;/h2*7H2,1-6H3;5-8H2,1-4H3;5H2,1-4H3;4*4H2,1-3H3,(H,7,8);;/q;;;;;;;;2*+1/p-2. The SMILES string of the molecule is CCC(C)(C)C(=O)O.CCC(C)(C)C(=O)O.CCC(C)(C)C(=O)OC.CCC(C)(C)C(=O)OC(C)(C)C.CCC(C)(C)C(=O)OC(C)(C)C.CCC(C)(C)C(=O)[O-].CCC(C)(C)C(=O)[O-].CCCCOC(=O)C(C)(C)CC.[Na+].[Na+]. The van der Waals surface area contributed by atoms with E-state index in [-0.39, 0.29) is 116 Å². The molecule has 0 heterocycles. The molecule has 16 nitrogen and oxygen atoms in total. The third-order valence-electron chi connectivity index (χ3n) is 13.3. The third-order valence-corrected chi connectivity index (χ3v) is 13.3. The number of carbonyl (C=O) groups excluding carboxylic acids is 6. The number of hydrogen-bond donors (Lipinski definition) is 2. The van der Waals surface area contributed by atoms with Crippen LogP contribution in [0.1, 0.15) is 279 Å². The minimum absolute atomic E-state index is 0. The number of carbonyl (C=O) groups is 8. The maximum absolute atomic E-state index is 11.5. The van der Waals surface area contributed by atoms with Crippen LogP contribution in [0.15, 0.2) is 0 Å². The predicted molar refractivity (Wildman–Crippen MR) is 307 cm³/mol. The first-order valence-electron chi connectivity index (χ1n) is 27.6. The Morgan fingerprint density at radius 1 is 0.342 bits per heavy atom. The summed E-state index contributed by atoms with van der Waals surface area (Å²) in [5, 5.41) is 37.2. The Labute approximate surface area is 527 Å². The number of methoxy groups -OCH3 is 1. The van der Waals surface area contributed by atoms with E-state index in [9.17, 15) is 48.6 Å². The van der Waals surface area contributed by atoms with E-state index in [0.29, 0.717) is 32.3 Å². The zero-order valence-electron chi connectivity index (χ0n) is 57.4. The van der Waals surface area contributed by atoms with Gasteiger partial charge in [0.1, 0.15) is 11.2 Å². The van der Waals surface area contributed by atoms with Crippen LogP contribution in [0, 0.1) is 43.3 Å². The largest absolute Gasteiger partial charge is 1.00 e. The Bertz CT molecular complexity index is 1550. The maximum Gasteiger partial charge on any atom is 1.00 e. The Morgan fingerprint density at radius 2 is 0.544 bits per heavy atom. The molecule has 2 N–H and O–H groups in total. The zero-order valence-corrected chi connectivity index (χ0v) is 61.4. The summed E-state index contributed by atoms with van der Waals surface area (Å²) in [6.45, 7) is 58.0. The van der Waals surface area contributed by atoms with Crippen LogP contribution in [0.4, 0.5) is 0 Å². The summed E-state index contributed by atoms with van der Waals surface area (Å²) in [5.41, 5.74) is -4.46. The molecule has 0 aromatic heterocycles. The van der Waals surface area contributed by atoms with E-state index < -0.39 is 45.5 Å². The van der Waals surface area contributed by atoms with E-state index >= 15 is 0 Å². The minimum Gasteiger partial charge on any atom is -0.550 e. The molecular weight excluding hydrogens is 1030 g/mol. The molecule has 0 saturated heterocycles. The van der Waals surface area contributed by atoms with Crippen LogP contribution in [0.2, 0.25) is 0 Å². The second-order valence-electron chi connectivity index (χ2n) is 26.1. The van der Waals surface area contributed by atoms with E-state index in [1.807, 2.05) is 152 Å². The van der Waals surface area contributed by atoms with Gasteiger partial charge in [-0.25, -0.2) is 0 Å². The molecule has 0 amide bonds. The quantitative estimate of drug-likeness (QED) is 0.0558. The Morgan fingerprint density at radius 3 is 0.658 bits per heavy atom. The van der Waals surface area contributed by atoms with Crippen molar-refractivity contribution in [3.8, 4) is 0 Å². The Kier molecular flexibility index (Phi) is 56.6. The molecule has 0 aliphatic rings. The minimum atomic E-state index is -0.972. The van der Waals surface area contributed by atoms with Crippen LogP contribution in [0.25, 0.3) is 0 Å². The van der Waals surface area contributed by atoms with Crippen molar-refractivity contribution in [2.24, 2.45) is 43.3 Å². The molecule has 79 heavy (non-hydrogen) atoms. The first-order valence-corrected chi connectivity index (χ1v) is 27.6. The van der Waals surface area contributed by atoms with Gasteiger partial charge in [-0.1, -0.05) is 96.4 Å². The summed E-state index contributed by atoms with van der Waals surface area (Å²) >= 11 is 0. The maximum atomic E-state index is 11.5. The molecule has 0 aliphatic heterocycles. The van der Waals surface area contributed by atoms with Crippen LogP contribution in [0.3, 0.4) is 0 Å². The number of ether oxygens (including phenoxy) is 4. The van der Waals surface area contributed by atoms with Gasteiger partial charge < -0.3 is 49.0 Å². The van der Waals surface area contributed by atoms with Gasteiger partial charge in [0.25, 0.3) is 0 Å². The monoisotopic (exact) mass is 1150 g/mol. The summed E-state index contributed by atoms with van der Waals surface area (Å²) in [6.07, 6.45) is 7.90.